The fourth-order valence-electron chi connectivity index (χ4n) is 2.48. The summed E-state index contributed by atoms with van der Waals surface area (Å²) in [7, 11) is -5.59. The molecule has 4 N–H and O–H groups in total. The Balaban J connectivity index is 2.27. The number of nitrogens with one attached hydrogen (secondary N) is 2. The highest BCUT2D eigenvalue weighted by Crippen LogP contribution is 2.27. The zero-order valence-electron chi connectivity index (χ0n) is 15.8. The first kappa shape index (κ1) is 23.0. The first-order valence-electron chi connectivity index (χ1n) is 8.43. The highest BCUT2D eigenvalue weighted by Gasteiger charge is 2.46. The second kappa shape index (κ2) is 8.61. The van der Waals surface area contributed by atoms with Crippen LogP contribution >= 0.6 is 0 Å². The molecule has 0 bridgehead atoms. The monoisotopic (exact) mass is 445 g/mol. The van der Waals surface area contributed by atoms with Gasteiger partial charge in [-0.3, -0.25) is 14.3 Å². The van der Waals surface area contributed by atoms with E-state index in [4.69, 9.17) is 10.5 Å². The number of aryl methyl sites for hydroxylation is 1. The van der Waals surface area contributed by atoms with Gasteiger partial charge in [-0.05, 0) is 55.8 Å². The van der Waals surface area contributed by atoms with Gasteiger partial charge in [0.25, 0.3) is 11.8 Å². The third-order valence-corrected chi connectivity index (χ3v) is 4.96. The van der Waals surface area contributed by atoms with Gasteiger partial charge in [-0.1, -0.05) is 0 Å². The summed E-state index contributed by atoms with van der Waals surface area (Å²) >= 11 is 0. The Morgan fingerprint density at radius 1 is 1.10 bits per heavy atom. The van der Waals surface area contributed by atoms with Gasteiger partial charge in [-0.25, -0.2) is 0 Å². The molecule has 0 spiro atoms. The number of halogens is 3. The van der Waals surface area contributed by atoms with Crippen molar-refractivity contribution in [1.29, 1.82) is 0 Å². The predicted octanol–water partition coefficient (Wildman–Crippen LogP) is 3.01. The number of amides is 2. The number of carbonyl (C=O) groups is 2. The van der Waals surface area contributed by atoms with Crippen molar-refractivity contribution in [2.75, 3.05) is 16.6 Å². The minimum absolute atomic E-state index is 0.00140. The van der Waals surface area contributed by atoms with E-state index >= 15 is 0 Å². The van der Waals surface area contributed by atoms with Crippen molar-refractivity contribution in [2.24, 2.45) is 5.73 Å². The number of anilines is 2. The van der Waals surface area contributed by atoms with Crippen molar-refractivity contribution in [2.45, 2.75) is 19.4 Å². The van der Waals surface area contributed by atoms with Gasteiger partial charge in [0.1, 0.15) is 5.75 Å². The number of carbonyl (C=O) groups excluding carboxylic acids is 2. The molecule has 12 heteroatoms. The SMILES string of the molecule is CCOc1ccc(NC(=O)c2ccc(NS(=O)(=O)C(F)(F)F)cc2C)c(C(N)=O)c1. The highest BCUT2D eigenvalue weighted by molar-refractivity contribution is 7.93. The molecule has 2 rings (SSSR count). The molecular weight excluding hydrogens is 427 g/mol. The Hall–Kier alpha value is -3.28. The maximum atomic E-state index is 12.6. The molecule has 0 unspecified atom stereocenters. The van der Waals surface area contributed by atoms with Crippen LogP contribution in [0.5, 0.6) is 5.75 Å². The molecule has 0 aliphatic carbocycles. The van der Waals surface area contributed by atoms with E-state index in [1.54, 1.807) is 6.92 Å². The maximum Gasteiger partial charge on any atom is 0.516 e. The number of primary amides is 1. The number of hydrogen-bond donors (Lipinski definition) is 3. The minimum atomic E-state index is -5.59. The summed E-state index contributed by atoms with van der Waals surface area (Å²) in [6.45, 7) is 3.52. The Bertz CT molecular complexity index is 1080. The van der Waals surface area contributed by atoms with Crippen molar-refractivity contribution in [3.05, 3.63) is 53.1 Å². The van der Waals surface area contributed by atoms with E-state index < -0.39 is 27.3 Å². The largest absolute Gasteiger partial charge is 0.516 e. The van der Waals surface area contributed by atoms with Crippen LogP contribution in [-0.2, 0) is 10.0 Å². The van der Waals surface area contributed by atoms with E-state index in [9.17, 15) is 31.2 Å². The van der Waals surface area contributed by atoms with E-state index in [0.717, 1.165) is 18.2 Å². The fraction of sp³-hybridized carbons (Fsp3) is 0.222. The quantitative estimate of drug-likeness (QED) is 0.604. The van der Waals surface area contributed by atoms with E-state index in [-0.39, 0.29) is 28.1 Å². The number of alkyl halides is 3. The molecule has 0 atom stereocenters. The molecule has 8 nitrogen and oxygen atoms in total. The molecule has 162 valence electrons. The molecule has 0 saturated heterocycles. The summed E-state index contributed by atoms with van der Waals surface area (Å²) < 4.78 is 66.5. The predicted molar refractivity (Wildman–Crippen MR) is 104 cm³/mol. The average molecular weight is 445 g/mol. The lowest BCUT2D eigenvalue weighted by Crippen LogP contribution is -2.30. The molecule has 0 heterocycles. The Morgan fingerprint density at radius 2 is 1.77 bits per heavy atom. The van der Waals surface area contributed by atoms with Crippen LogP contribution in [0.15, 0.2) is 36.4 Å². The van der Waals surface area contributed by atoms with Gasteiger partial charge in [0.05, 0.1) is 17.9 Å². The van der Waals surface area contributed by atoms with Gasteiger partial charge in [0.2, 0.25) is 0 Å². The van der Waals surface area contributed by atoms with Gasteiger partial charge in [-0.15, -0.1) is 0 Å². The Morgan fingerprint density at radius 3 is 2.30 bits per heavy atom. The molecule has 2 aromatic rings. The molecule has 0 aromatic heterocycles. The maximum absolute atomic E-state index is 12.6. The summed E-state index contributed by atoms with van der Waals surface area (Å²) in [5, 5.41) is 2.50. The highest BCUT2D eigenvalue weighted by atomic mass is 32.2. The van der Waals surface area contributed by atoms with Gasteiger partial charge in [0, 0.05) is 11.3 Å². The number of rotatable bonds is 7. The zero-order chi connectivity index (χ0) is 22.7. The zero-order valence-corrected chi connectivity index (χ0v) is 16.6. The summed E-state index contributed by atoms with van der Waals surface area (Å²) in [4.78, 5) is 24.2. The molecule has 2 aromatic carbocycles. The number of benzene rings is 2. The topological polar surface area (TPSA) is 128 Å². The summed E-state index contributed by atoms with van der Waals surface area (Å²) in [5.41, 5.74) is -0.147. The van der Waals surface area contributed by atoms with Crippen molar-refractivity contribution in [3.8, 4) is 5.75 Å². The molecule has 2 amide bonds. The van der Waals surface area contributed by atoms with Crippen LogP contribution in [0.3, 0.4) is 0 Å². The van der Waals surface area contributed by atoms with Gasteiger partial charge < -0.3 is 15.8 Å². The molecule has 0 aliphatic heterocycles. The van der Waals surface area contributed by atoms with Crippen LogP contribution in [0.2, 0.25) is 0 Å². The van der Waals surface area contributed by atoms with E-state index in [2.05, 4.69) is 5.32 Å². The van der Waals surface area contributed by atoms with E-state index in [1.807, 2.05) is 0 Å². The van der Waals surface area contributed by atoms with E-state index in [1.165, 1.54) is 29.8 Å². The molecule has 0 fully saturated rings. The van der Waals surface area contributed by atoms with Gasteiger partial charge in [0.15, 0.2) is 0 Å². The minimum Gasteiger partial charge on any atom is -0.494 e. The van der Waals surface area contributed by atoms with Crippen LogP contribution in [0.25, 0.3) is 0 Å². The molecule has 0 aliphatic rings. The van der Waals surface area contributed by atoms with Gasteiger partial charge in [-0.2, -0.15) is 21.6 Å². The lowest BCUT2D eigenvalue weighted by atomic mass is 10.1. The average Bonchev–Trinajstić information content (AvgIpc) is 2.61. The Labute approximate surface area is 170 Å². The third kappa shape index (κ3) is 5.20. The molecule has 30 heavy (non-hydrogen) atoms. The summed E-state index contributed by atoms with van der Waals surface area (Å²) in [5.74, 6) is -1.10. The second-order valence-electron chi connectivity index (χ2n) is 6.04. The molecule has 0 saturated carbocycles. The molecule has 0 radical (unpaired) electrons. The third-order valence-electron chi connectivity index (χ3n) is 3.84. The van der Waals surface area contributed by atoms with Crippen molar-refractivity contribution >= 4 is 33.2 Å². The summed E-state index contributed by atoms with van der Waals surface area (Å²) in [6.07, 6.45) is 0. The van der Waals surface area contributed by atoms with Gasteiger partial charge >= 0.3 is 15.5 Å². The lowest BCUT2D eigenvalue weighted by molar-refractivity contribution is -0.0429. The fourth-order valence-corrected chi connectivity index (χ4v) is 3.03. The van der Waals surface area contributed by atoms with Crippen molar-refractivity contribution in [1.82, 2.24) is 0 Å². The smallest absolute Gasteiger partial charge is 0.494 e. The lowest BCUT2D eigenvalue weighted by Gasteiger charge is -2.14. The van der Waals surface area contributed by atoms with E-state index in [0.29, 0.717) is 12.4 Å². The van der Waals surface area contributed by atoms with Crippen molar-refractivity contribution < 1.29 is 35.9 Å². The number of nitrogens with two attached hydrogens (primary N) is 1. The Kier molecular flexibility index (Phi) is 6.60. The second-order valence-corrected chi connectivity index (χ2v) is 7.71. The first-order chi connectivity index (χ1) is 13.9. The number of sulfonamides is 1. The summed E-state index contributed by atoms with van der Waals surface area (Å²) in [6, 6.07) is 7.54. The van der Waals surface area contributed by atoms with Crippen LogP contribution in [0, 0.1) is 6.92 Å². The van der Waals surface area contributed by atoms with Crippen molar-refractivity contribution in [3.63, 3.8) is 0 Å². The van der Waals surface area contributed by atoms with Crippen LogP contribution in [-0.4, -0.2) is 32.3 Å². The number of ether oxygens (including phenoxy) is 1. The number of hydrogen-bond acceptors (Lipinski definition) is 5. The van der Waals surface area contributed by atoms with Crippen LogP contribution in [0.4, 0.5) is 24.5 Å². The first-order valence-corrected chi connectivity index (χ1v) is 9.91. The van der Waals surface area contributed by atoms with Crippen LogP contribution < -0.4 is 20.5 Å². The molecular formula is C18H18F3N3O5S. The standard InChI is InChI=1S/C18H18F3N3O5S/c1-3-29-12-5-7-15(14(9-12)16(22)25)23-17(26)13-6-4-11(8-10(13)2)24-30(27,28)18(19,20)21/h4-9,24H,3H2,1-2H3,(H2,22,25)(H,23,26). The normalized spacial score (nSPS) is 11.6. The van der Waals surface area contributed by atoms with Crippen LogP contribution in [0.1, 0.15) is 33.2 Å².